The van der Waals surface area contributed by atoms with Gasteiger partial charge in [0.05, 0.1) is 16.9 Å². The molecule has 3 heterocycles. The molecule has 8 aromatic rings. The minimum atomic E-state index is -0.00628. The van der Waals surface area contributed by atoms with Gasteiger partial charge in [-0.25, -0.2) is 9.97 Å². The molecule has 1 aliphatic heterocycles. The summed E-state index contributed by atoms with van der Waals surface area (Å²) in [5, 5.41) is 3.55. The number of nitrogens with zero attached hydrogens (tertiary/aromatic N) is 3. The van der Waals surface area contributed by atoms with Gasteiger partial charge in [-0.05, 0) is 70.9 Å². The predicted molar refractivity (Wildman–Crippen MR) is 203 cm³/mol. The lowest BCUT2D eigenvalue weighted by molar-refractivity contribution is 0.278. The van der Waals surface area contributed by atoms with Gasteiger partial charge >= 0.3 is 0 Å². The molecule has 10 rings (SSSR count). The van der Waals surface area contributed by atoms with Crippen LogP contribution in [0, 0.1) is 0 Å². The van der Waals surface area contributed by atoms with Gasteiger partial charge in [-0.1, -0.05) is 115 Å². The van der Waals surface area contributed by atoms with E-state index in [2.05, 4.69) is 169 Å². The summed E-state index contributed by atoms with van der Waals surface area (Å²) in [6, 6.07) is 53.2. The van der Waals surface area contributed by atoms with E-state index >= 15 is 0 Å². The van der Waals surface area contributed by atoms with E-state index in [0.717, 1.165) is 45.0 Å². The summed E-state index contributed by atoms with van der Waals surface area (Å²) in [5.41, 5.74) is 10.8. The number of benzene rings is 6. The molecule has 0 bridgehead atoms. The first-order valence-corrected chi connectivity index (χ1v) is 17.1. The van der Waals surface area contributed by atoms with Gasteiger partial charge in [-0.3, -0.25) is 0 Å². The van der Waals surface area contributed by atoms with Crippen LogP contribution in [-0.2, 0) is 0 Å². The minimum Gasteiger partial charge on any atom is -0.484 e. The normalized spacial score (nSPS) is 16.2. The van der Waals surface area contributed by atoms with Crippen LogP contribution in [0.2, 0.25) is 0 Å². The zero-order chi connectivity index (χ0) is 33.0. The molecule has 0 spiro atoms. The standard InChI is InChI=1S/C46H31N3O/c1-2-11-31(12-3-1)41-29-42(38-17-8-13-30-10-4-5-14-36(30)38)48-46(47-41)32-20-23-35(24-21-32)49-27-26-34-28-33(22-25-43(34)49)37-16-9-18-40-39-15-6-7-19-44(39)50-45(37)40/h1-29,40,45H. The number of allylic oxidation sites excluding steroid dienone is 2. The zero-order valence-electron chi connectivity index (χ0n) is 27.1. The maximum Gasteiger partial charge on any atom is 0.160 e. The number of hydrogen-bond acceptors (Lipinski definition) is 3. The van der Waals surface area contributed by atoms with E-state index in [4.69, 9.17) is 14.7 Å². The van der Waals surface area contributed by atoms with Gasteiger partial charge in [0.1, 0.15) is 11.9 Å². The summed E-state index contributed by atoms with van der Waals surface area (Å²) in [6.45, 7) is 0. The summed E-state index contributed by atoms with van der Waals surface area (Å²) < 4.78 is 8.70. The van der Waals surface area contributed by atoms with E-state index in [9.17, 15) is 0 Å². The van der Waals surface area contributed by atoms with Crippen molar-refractivity contribution in [2.45, 2.75) is 12.0 Å². The van der Waals surface area contributed by atoms with E-state index in [1.54, 1.807) is 0 Å². The van der Waals surface area contributed by atoms with Gasteiger partial charge in [-0.15, -0.1) is 0 Å². The van der Waals surface area contributed by atoms with Gasteiger partial charge in [0.25, 0.3) is 0 Å². The average molecular weight is 642 g/mol. The third kappa shape index (κ3) is 4.76. The second-order valence-corrected chi connectivity index (χ2v) is 13.0. The topological polar surface area (TPSA) is 39.9 Å². The second-order valence-electron chi connectivity index (χ2n) is 13.0. The molecule has 6 aromatic carbocycles. The van der Waals surface area contributed by atoms with Crippen LogP contribution in [0.3, 0.4) is 0 Å². The minimum absolute atomic E-state index is 0.00628. The third-order valence-electron chi connectivity index (χ3n) is 10.0. The predicted octanol–water partition coefficient (Wildman–Crippen LogP) is 11.1. The van der Waals surface area contributed by atoms with Crippen molar-refractivity contribution in [3.63, 3.8) is 0 Å². The van der Waals surface area contributed by atoms with Crippen LogP contribution < -0.4 is 4.74 Å². The van der Waals surface area contributed by atoms with Crippen LogP contribution in [0.15, 0.2) is 176 Å². The Labute approximate surface area is 290 Å². The first-order valence-electron chi connectivity index (χ1n) is 17.1. The van der Waals surface area contributed by atoms with Crippen molar-refractivity contribution in [3.05, 3.63) is 187 Å². The zero-order valence-corrected chi connectivity index (χ0v) is 27.1. The SMILES string of the molecule is C1=CC2c3ccccc3OC2C(c2ccc3c(ccn3-c3ccc(-c4nc(-c5ccccc5)cc(-c5cccc6ccccc56)n4)cc3)c2)=C1. The first kappa shape index (κ1) is 28.5. The summed E-state index contributed by atoms with van der Waals surface area (Å²) in [6.07, 6.45) is 8.77. The molecule has 0 radical (unpaired) electrons. The quantitative estimate of drug-likeness (QED) is 0.188. The molecule has 50 heavy (non-hydrogen) atoms. The van der Waals surface area contributed by atoms with Crippen molar-refractivity contribution in [1.82, 2.24) is 14.5 Å². The van der Waals surface area contributed by atoms with Crippen molar-refractivity contribution >= 4 is 27.2 Å². The number of para-hydroxylation sites is 1. The van der Waals surface area contributed by atoms with Crippen LogP contribution in [0.25, 0.3) is 66.8 Å². The Hall–Kier alpha value is -6.52. The molecule has 236 valence electrons. The first-order chi connectivity index (χ1) is 24.8. The molecule has 0 saturated heterocycles. The van der Waals surface area contributed by atoms with Gasteiger partial charge < -0.3 is 9.30 Å². The molecule has 4 heteroatoms. The van der Waals surface area contributed by atoms with Crippen molar-refractivity contribution in [1.29, 1.82) is 0 Å². The number of rotatable bonds is 5. The van der Waals surface area contributed by atoms with Gasteiger partial charge in [0, 0.05) is 51.0 Å². The molecule has 1 aliphatic carbocycles. The molecular weight excluding hydrogens is 611 g/mol. The second kappa shape index (κ2) is 11.6. The Morgan fingerprint density at radius 1 is 0.580 bits per heavy atom. The highest BCUT2D eigenvalue weighted by atomic mass is 16.5. The fourth-order valence-corrected chi connectivity index (χ4v) is 7.57. The lowest BCUT2D eigenvalue weighted by Gasteiger charge is -2.23. The third-order valence-corrected chi connectivity index (χ3v) is 10.0. The highest BCUT2D eigenvalue weighted by Gasteiger charge is 2.36. The highest BCUT2D eigenvalue weighted by molar-refractivity contribution is 5.96. The van der Waals surface area contributed by atoms with E-state index in [1.807, 2.05) is 12.1 Å². The van der Waals surface area contributed by atoms with Gasteiger partial charge in [0.2, 0.25) is 0 Å². The van der Waals surface area contributed by atoms with Crippen molar-refractivity contribution in [3.8, 4) is 45.3 Å². The highest BCUT2D eigenvalue weighted by Crippen LogP contribution is 2.46. The van der Waals surface area contributed by atoms with Crippen LogP contribution in [-0.4, -0.2) is 20.6 Å². The van der Waals surface area contributed by atoms with E-state index in [0.29, 0.717) is 5.82 Å². The van der Waals surface area contributed by atoms with Crippen molar-refractivity contribution < 1.29 is 4.74 Å². The largest absolute Gasteiger partial charge is 0.484 e. The molecule has 2 aliphatic rings. The molecule has 0 amide bonds. The number of aromatic nitrogens is 3. The fraction of sp³-hybridized carbons (Fsp3) is 0.0435. The van der Waals surface area contributed by atoms with Crippen LogP contribution in [0.1, 0.15) is 17.0 Å². The summed E-state index contributed by atoms with van der Waals surface area (Å²) in [7, 11) is 0. The summed E-state index contributed by atoms with van der Waals surface area (Å²) in [5.74, 6) is 1.93. The molecule has 0 saturated carbocycles. The Morgan fingerprint density at radius 3 is 2.28 bits per heavy atom. The van der Waals surface area contributed by atoms with Gasteiger partial charge in [-0.2, -0.15) is 0 Å². The Kier molecular flexibility index (Phi) is 6.59. The van der Waals surface area contributed by atoms with Gasteiger partial charge in [0.15, 0.2) is 5.82 Å². The molecule has 4 nitrogen and oxygen atoms in total. The van der Waals surface area contributed by atoms with E-state index in [1.165, 1.54) is 32.9 Å². The monoisotopic (exact) mass is 641 g/mol. The molecule has 2 aromatic heterocycles. The molecule has 0 N–H and O–H groups in total. The number of fused-ring (bicyclic) bond motifs is 5. The Bertz CT molecular complexity index is 2630. The molecule has 0 fully saturated rings. The van der Waals surface area contributed by atoms with Crippen LogP contribution in [0.4, 0.5) is 0 Å². The smallest absolute Gasteiger partial charge is 0.160 e. The van der Waals surface area contributed by atoms with E-state index < -0.39 is 0 Å². The molecule has 2 unspecified atom stereocenters. The maximum absolute atomic E-state index is 6.46. The molecule has 2 atom stereocenters. The lowest BCUT2D eigenvalue weighted by Crippen LogP contribution is -2.21. The summed E-state index contributed by atoms with van der Waals surface area (Å²) >= 11 is 0. The van der Waals surface area contributed by atoms with E-state index in [-0.39, 0.29) is 12.0 Å². The molecular formula is C46H31N3O. The lowest BCUT2D eigenvalue weighted by atomic mass is 9.84. The Morgan fingerprint density at radius 2 is 1.36 bits per heavy atom. The maximum atomic E-state index is 6.46. The van der Waals surface area contributed by atoms with Crippen molar-refractivity contribution in [2.75, 3.05) is 0 Å². The summed E-state index contributed by atoms with van der Waals surface area (Å²) in [4.78, 5) is 10.2. The number of hydrogen-bond donors (Lipinski definition) is 0. The van der Waals surface area contributed by atoms with Crippen LogP contribution >= 0.6 is 0 Å². The average Bonchev–Trinajstić information content (AvgIpc) is 3.79. The number of ether oxygens (including phenoxy) is 1. The fourth-order valence-electron chi connectivity index (χ4n) is 7.57. The Balaban J connectivity index is 0.993. The van der Waals surface area contributed by atoms with Crippen LogP contribution in [0.5, 0.6) is 5.75 Å². The van der Waals surface area contributed by atoms with Crippen molar-refractivity contribution in [2.24, 2.45) is 0 Å².